The van der Waals surface area contributed by atoms with Gasteiger partial charge in [-0.05, 0) is 19.8 Å². The lowest BCUT2D eigenvalue weighted by Gasteiger charge is -2.17. The smallest absolute Gasteiger partial charge is 0.280 e. The molecule has 1 heterocycles. The lowest BCUT2D eigenvalue weighted by molar-refractivity contribution is 0.224. The molecule has 0 aliphatic carbocycles. The summed E-state index contributed by atoms with van der Waals surface area (Å²) < 4.78 is 0. The molecule has 1 atom stereocenters. The van der Waals surface area contributed by atoms with E-state index in [1.807, 2.05) is 5.01 Å². The maximum absolute atomic E-state index is 9.83. The van der Waals surface area contributed by atoms with Gasteiger partial charge in [-0.1, -0.05) is 0 Å². The first-order chi connectivity index (χ1) is 4.34. The molecule has 9 heavy (non-hydrogen) atoms. The fraction of sp³-hybridized carbons (Fsp3) is 0.833. The Morgan fingerprint density at radius 2 is 2.56 bits per heavy atom. The average Bonchev–Trinajstić information content (AvgIpc) is 2.18. The normalized spacial score (nSPS) is 28.3. The van der Waals surface area contributed by atoms with E-state index in [-0.39, 0.29) is 0 Å². The van der Waals surface area contributed by atoms with Gasteiger partial charge in [-0.25, -0.2) is 5.01 Å². The van der Waals surface area contributed by atoms with Crippen molar-refractivity contribution in [3.8, 4) is 0 Å². The van der Waals surface area contributed by atoms with Crippen LogP contribution in [0.4, 0.5) is 0 Å². The van der Waals surface area contributed by atoms with Crippen LogP contribution in [0.5, 0.6) is 0 Å². The van der Waals surface area contributed by atoms with Gasteiger partial charge in [0, 0.05) is 12.6 Å². The minimum atomic E-state index is 0.492. The Morgan fingerprint density at radius 1 is 1.78 bits per heavy atom. The zero-order valence-corrected chi connectivity index (χ0v) is 5.55. The molecule has 3 nitrogen and oxygen atoms in total. The van der Waals surface area contributed by atoms with Crippen LogP contribution in [0.1, 0.15) is 19.8 Å². The predicted octanol–water partition coefficient (Wildman–Crippen LogP) is 0.0425. The van der Waals surface area contributed by atoms with E-state index in [1.165, 1.54) is 12.8 Å². The van der Waals surface area contributed by atoms with E-state index in [2.05, 4.69) is 12.3 Å². The third-order valence-corrected chi connectivity index (χ3v) is 1.74. The second-order valence-electron chi connectivity index (χ2n) is 2.40. The molecule has 1 radical (unpaired) electrons. The topological polar surface area (TPSA) is 32.3 Å². The van der Waals surface area contributed by atoms with Crippen LogP contribution < -0.4 is 5.43 Å². The number of hydrazine groups is 1. The molecule has 0 bridgehead atoms. The lowest BCUT2D eigenvalue weighted by Crippen LogP contribution is -2.39. The number of nitrogens with one attached hydrogen (secondary N) is 1. The van der Waals surface area contributed by atoms with Crippen LogP contribution in [0.25, 0.3) is 0 Å². The SMILES string of the molecule is CC1CCCN1N[C]=O. The van der Waals surface area contributed by atoms with E-state index in [9.17, 15) is 4.79 Å². The highest BCUT2D eigenvalue weighted by atomic mass is 16.1. The van der Waals surface area contributed by atoms with Crippen LogP contribution in [-0.2, 0) is 4.79 Å². The number of nitrogens with zero attached hydrogens (tertiary/aromatic N) is 1. The Kier molecular flexibility index (Phi) is 2.05. The molecule has 1 saturated heterocycles. The zero-order chi connectivity index (χ0) is 6.69. The highest BCUT2D eigenvalue weighted by Gasteiger charge is 2.18. The van der Waals surface area contributed by atoms with Crippen molar-refractivity contribution in [2.75, 3.05) is 6.54 Å². The maximum atomic E-state index is 9.83. The van der Waals surface area contributed by atoms with Gasteiger partial charge < -0.3 is 0 Å². The van der Waals surface area contributed by atoms with Gasteiger partial charge in [0.1, 0.15) is 0 Å². The highest BCUT2D eigenvalue weighted by molar-refractivity contribution is 5.46. The molecule has 1 aliphatic rings. The largest absolute Gasteiger partial charge is 0.324 e. The molecule has 0 spiro atoms. The van der Waals surface area contributed by atoms with Crippen LogP contribution in [0, 0.1) is 0 Å². The van der Waals surface area contributed by atoms with Crippen molar-refractivity contribution in [3.63, 3.8) is 0 Å². The standard InChI is InChI=1S/C6H11N2O/c1-6-3-2-4-8(6)7-5-9/h6H,2-4H2,1H3,(H,7,9). The van der Waals surface area contributed by atoms with Crippen LogP contribution in [-0.4, -0.2) is 24.0 Å². The van der Waals surface area contributed by atoms with Crippen LogP contribution in [0.2, 0.25) is 0 Å². The highest BCUT2D eigenvalue weighted by Crippen LogP contribution is 2.12. The molecule has 0 saturated carbocycles. The fourth-order valence-electron chi connectivity index (χ4n) is 1.16. The number of carbonyl (C=O) groups excluding carboxylic acids is 1. The molecular formula is C6H11N2O. The fourth-order valence-corrected chi connectivity index (χ4v) is 1.16. The van der Waals surface area contributed by atoms with Crippen molar-refractivity contribution in [3.05, 3.63) is 0 Å². The molecular weight excluding hydrogens is 116 g/mol. The van der Waals surface area contributed by atoms with Gasteiger partial charge in [0.25, 0.3) is 0 Å². The molecule has 0 aromatic heterocycles. The summed E-state index contributed by atoms with van der Waals surface area (Å²) in [5.74, 6) is 0. The molecule has 1 aliphatic heterocycles. The molecule has 1 amide bonds. The van der Waals surface area contributed by atoms with Gasteiger partial charge in [-0.15, -0.1) is 0 Å². The first-order valence-electron chi connectivity index (χ1n) is 3.24. The van der Waals surface area contributed by atoms with Crippen molar-refractivity contribution in [1.29, 1.82) is 0 Å². The number of hydrogen-bond acceptors (Lipinski definition) is 2. The quantitative estimate of drug-likeness (QED) is 0.531. The van der Waals surface area contributed by atoms with E-state index < -0.39 is 0 Å². The van der Waals surface area contributed by atoms with Gasteiger partial charge in [-0.2, -0.15) is 0 Å². The third-order valence-electron chi connectivity index (χ3n) is 1.74. The first kappa shape index (κ1) is 6.55. The zero-order valence-electron chi connectivity index (χ0n) is 5.55. The monoisotopic (exact) mass is 127 g/mol. The molecule has 1 rings (SSSR count). The van der Waals surface area contributed by atoms with Crippen molar-refractivity contribution in [2.45, 2.75) is 25.8 Å². The summed E-state index contributed by atoms with van der Waals surface area (Å²) in [5.41, 5.74) is 2.52. The van der Waals surface area contributed by atoms with E-state index in [0.29, 0.717) is 6.04 Å². The molecule has 51 valence electrons. The Bertz CT molecular complexity index is 105. The summed E-state index contributed by atoms with van der Waals surface area (Å²) in [4.78, 5) is 9.83. The molecule has 0 aromatic rings. The van der Waals surface area contributed by atoms with Gasteiger partial charge in [0.05, 0.1) is 0 Å². The maximum Gasteiger partial charge on any atom is 0.324 e. The summed E-state index contributed by atoms with van der Waals surface area (Å²) >= 11 is 0. The summed E-state index contributed by atoms with van der Waals surface area (Å²) in [6.45, 7) is 3.06. The van der Waals surface area contributed by atoms with E-state index in [4.69, 9.17) is 0 Å². The van der Waals surface area contributed by atoms with Crippen LogP contribution >= 0.6 is 0 Å². The molecule has 3 heteroatoms. The van der Waals surface area contributed by atoms with Crippen molar-refractivity contribution >= 4 is 6.41 Å². The molecule has 1 unspecified atom stereocenters. The van der Waals surface area contributed by atoms with Crippen molar-refractivity contribution in [1.82, 2.24) is 10.4 Å². The Labute approximate surface area is 55.0 Å². The summed E-state index contributed by atoms with van der Waals surface area (Å²) in [6.07, 6.45) is 4.02. The second-order valence-corrected chi connectivity index (χ2v) is 2.40. The van der Waals surface area contributed by atoms with E-state index >= 15 is 0 Å². The minimum absolute atomic E-state index is 0.492. The van der Waals surface area contributed by atoms with Gasteiger partial charge in [0.15, 0.2) is 0 Å². The number of rotatable bonds is 2. The third kappa shape index (κ3) is 1.42. The van der Waals surface area contributed by atoms with Gasteiger partial charge in [0.2, 0.25) is 0 Å². The Balaban J connectivity index is 2.30. The molecule has 1 fully saturated rings. The van der Waals surface area contributed by atoms with E-state index in [1.54, 1.807) is 6.41 Å². The summed E-state index contributed by atoms with van der Waals surface area (Å²) in [6, 6.07) is 0.492. The van der Waals surface area contributed by atoms with Crippen LogP contribution in [0.3, 0.4) is 0 Å². The van der Waals surface area contributed by atoms with Gasteiger partial charge >= 0.3 is 6.41 Å². The predicted molar refractivity (Wildman–Crippen MR) is 34.2 cm³/mol. The Hall–Kier alpha value is -0.570. The minimum Gasteiger partial charge on any atom is -0.280 e. The van der Waals surface area contributed by atoms with Crippen LogP contribution in [0.15, 0.2) is 0 Å². The van der Waals surface area contributed by atoms with Crippen molar-refractivity contribution < 1.29 is 4.79 Å². The second kappa shape index (κ2) is 2.82. The number of hydrogen-bond donors (Lipinski definition) is 1. The number of amides is 1. The summed E-state index contributed by atoms with van der Waals surface area (Å²) in [7, 11) is 0. The molecule has 0 aromatic carbocycles. The lowest BCUT2D eigenvalue weighted by atomic mass is 10.3. The molecule has 1 N–H and O–H groups in total. The van der Waals surface area contributed by atoms with Gasteiger partial charge in [-0.3, -0.25) is 10.2 Å². The van der Waals surface area contributed by atoms with Crippen molar-refractivity contribution in [2.24, 2.45) is 0 Å². The Morgan fingerprint density at radius 3 is 3.00 bits per heavy atom. The first-order valence-corrected chi connectivity index (χ1v) is 3.24. The van der Waals surface area contributed by atoms with E-state index in [0.717, 1.165) is 6.54 Å². The average molecular weight is 127 g/mol. The summed E-state index contributed by atoms with van der Waals surface area (Å²) in [5, 5.41) is 1.91.